The van der Waals surface area contributed by atoms with Gasteiger partial charge in [0.2, 0.25) is 0 Å². The van der Waals surface area contributed by atoms with Crippen molar-refractivity contribution in [2.75, 3.05) is 13.2 Å². The number of likely N-dealkylation sites (tertiary alicyclic amines) is 1. The molecule has 2 aromatic rings. The molecule has 2 amide bonds. The molecule has 1 fully saturated rings. The quantitative estimate of drug-likeness (QED) is 0.880. The highest BCUT2D eigenvalue weighted by Gasteiger charge is 2.34. The number of amides is 2. The molecule has 132 valence electrons. The third-order valence-corrected chi connectivity index (χ3v) is 4.97. The SMILES string of the molecule is C[C@@H]1CCN(C(=O)N[C@@H](Cc2ccccn2)c2ccccc2)[C@H]1CO. The van der Waals surface area contributed by atoms with Crippen LogP contribution in [0.25, 0.3) is 0 Å². The number of nitrogens with zero attached hydrogens (tertiary/aromatic N) is 2. The summed E-state index contributed by atoms with van der Waals surface area (Å²) in [6.07, 6.45) is 3.32. The first-order valence-electron chi connectivity index (χ1n) is 8.82. The minimum atomic E-state index is -0.154. The molecule has 2 heterocycles. The lowest BCUT2D eigenvalue weighted by molar-refractivity contribution is 0.141. The number of aromatic nitrogens is 1. The van der Waals surface area contributed by atoms with Crippen LogP contribution in [0.1, 0.15) is 30.6 Å². The fourth-order valence-electron chi connectivity index (χ4n) is 3.44. The lowest BCUT2D eigenvalue weighted by Gasteiger charge is -2.28. The van der Waals surface area contributed by atoms with Gasteiger partial charge in [0, 0.05) is 24.9 Å². The second-order valence-corrected chi connectivity index (χ2v) is 6.65. The molecule has 1 saturated heterocycles. The molecule has 0 bridgehead atoms. The Labute approximate surface area is 148 Å². The summed E-state index contributed by atoms with van der Waals surface area (Å²) < 4.78 is 0. The van der Waals surface area contributed by atoms with Crippen molar-refractivity contribution in [2.24, 2.45) is 5.92 Å². The molecule has 0 saturated carbocycles. The molecular weight excluding hydrogens is 314 g/mol. The van der Waals surface area contributed by atoms with Crippen LogP contribution in [0.2, 0.25) is 0 Å². The number of hydrogen-bond acceptors (Lipinski definition) is 3. The summed E-state index contributed by atoms with van der Waals surface area (Å²) in [7, 11) is 0. The molecule has 1 aliphatic heterocycles. The molecule has 25 heavy (non-hydrogen) atoms. The molecule has 3 atom stereocenters. The maximum atomic E-state index is 12.8. The number of benzene rings is 1. The molecule has 0 aliphatic carbocycles. The number of carbonyl (C=O) groups excluding carboxylic acids is 1. The number of aliphatic hydroxyl groups is 1. The van der Waals surface area contributed by atoms with Crippen LogP contribution in [0.15, 0.2) is 54.7 Å². The Morgan fingerprint density at radius 3 is 2.72 bits per heavy atom. The van der Waals surface area contributed by atoms with Gasteiger partial charge in [-0.1, -0.05) is 43.3 Å². The van der Waals surface area contributed by atoms with Gasteiger partial charge in [0.25, 0.3) is 0 Å². The van der Waals surface area contributed by atoms with Crippen molar-refractivity contribution in [1.82, 2.24) is 15.2 Å². The Morgan fingerprint density at radius 1 is 1.28 bits per heavy atom. The van der Waals surface area contributed by atoms with Crippen LogP contribution in [-0.2, 0) is 6.42 Å². The van der Waals surface area contributed by atoms with E-state index in [9.17, 15) is 9.90 Å². The average Bonchev–Trinajstić information content (AvgIpc) is 3.03. The average molecular weight is 339 g/mol. The molecule has 1 aliphatic rings. The molecular formula is C20H25N3O2. The maximum Gasteiger partial charge on any atom is 0.318 e. The van der Waals surface area contributed by atoms with E-state index in [2.05, 4.69) is 17.2 Å². The minimum absolute atomic E-state index is 0.00479. The first-order chi connectivity index (χ1) is 12.2. The summed E-state index contributed by atoms with van der Waals surface area (Å²) in [6, 6.07) is 15.4. The number of aliphatic hydroxyl groups excluding tert-OH is 1. The second-order valence-electron chi connectivity index (χ2n) is 6.65. The molecule has 1 aromatic carbocycles. The first-order valence-corrected chi connectivity index (χ1v) is 8.82. The zero-order chi connectivity index (χ0) is 17.6. The van der Waals surface area contributed by atoms with E-state index in [1.165, 1.54) is 0 Å². The molecule has 5 heteroatoms. The van der Waals surface area contributed by atoms with E-state index >= 15 is 0 Å². The summed E-state index contributed by atoms with van der Waals surface area (Å²) in [5.41, 5.74) is 1.99. The van der Waals surface area contributed by atoms with Crippen molar-refractivity contribution in [3.8, 4) is 0 Å². The lowest BCUT2D eigenvalue weighted by atomic mass is 10.0. The number of urea groups is 1. The highest BCUT2D eigenvalue weighted by atomic mass is 16.3. The van der Waals surface area contributed by atoms with Crippen LogP contribution in [-0.4, -0.2) is 40.2 Å². The number of hydrogen-bond donors (Lipinski definition) is 2. The molecule has 2 N–H and O–H groups in total. The Kier molecular flexibility index (Phi) is 5.66. The maximum absolute atomic E-state index is 12.8. The Morgan fingerprint density at radius 2 is 2.04 bits per heavy atom. The first kappa shape index (κ1) is 17.4. The fraction of sp³-hybridized carbons (Fsp3) is 0.400. The van der Waals surface area contributed by atoms with Gasteiger partial charge < -0.3 is 15.3 Å². The van der Waals surface area contributed by atoms with Crippen LogP contribution in [0.5, 0.6) is 0 Å². The van der Waals surface area contributed by atoms with Crippen molar-refractivity contribution in [1.29, 1.82) is 0 Å². The van der Waals surface area contributed by atoms with Crippen molar-refractivity contribution >= 4 is 6.03 Å². The minimum Gasteiger partial charge on any atom is -0.394 e. The summed E-state index contributed by atoms with van der Waals surface area (Å²) >= 11 is 0. The van der Waals surface area contributed by atoms with Gasteiger partial charge in [-0.2, -0.15) is 0 Å². The monoisotopic (exact) mass is 339 g/mol. The largest absolute Gasteiger partial charge is 0.394 e. The molecule has 0 radical (unpaired) electrons. The fourth-order valence-corrected chi connectivity index (χ4v) is 3.44. The van der Waals surface area contributed by atoms with E-state index in [-0.39, 0.29) is 24.7 Å². The number of pyridine rings is 1. The third-order valence-electron chi connectivity index (χ3n) is 4.97. The standard InChI is InChI=1S/C20H25N3O2/c1-15-10-12-23(19(15)14-24)20(25)22-18(16-7-3-2-4-8-16)13-17-9-5-6-11-21-17/h2-9,11,15,18-19,24H,10,12-14H2,1H3,(H,22,25)/t15-,18+,19+/m1/s1. The molecule has 1 aromatic heterocycles. The van der Waals surface area contributed by atoms with E-state index in [0.29, 0.717) is 18.9 Å². The predicted molar refractivity (Wildman–Crippen MR) is 97.0 cm³/mol. The second kappa shape index (κ2) is 8.12. The summed E-state index contributed by atoms with van der Waals surface area (Å²) in [4.78, 5) is 19.0. The van der Waals surface area contributed by atoms with E-state index < -0.39 is 0 Å². The lowest BCUT2D eigenvalue weighted by Crippen LogP contribution is -2.47. The molecule has 3 rings (SSSR count). The summed E-state index contributed by atoms with van der Waals surface area (Å²) in [6.45, 7) is 2.77. The van der Waals surface area contributed by atoms with Crippen molar-refractivity contribution in [3.63, 3.8) is 0 Å². The van der Waals surface area contributed by atoms with E-state index in [4.69, 9.17) is 0 Å². The Hall–Kier alpha value is -2.40. The third kappa shape index (κ3) is 4.17. The van der Waals surface area contributed by atoms with E-state index in [1.807, 2.05) is 48.5 Å². The van der Waals surface area contributed by atoms with E-state index in [0.717, 1.165) is 17.7 Å². The summed E-state index contributed by atoms with van der Waals surface area (Å²) in [5, 5.41) is 12.8. The number of carbonyl (C=O) groups is 1. The van der Waals surface area contributed by atoms with Gasteiger partial charge in [-0.05, 0) is 30.0 Å². The van der Waals surface area contributed by atoms with Gasteiger partial charge in [-0.3, -0.25) is 4.98 Å². The molecule has 5 nitrogen and oxygen atoms in total. The van der Waals surface area contributed by atoms with Crippen LogP contribution in [0.4, 0.5) is 4.79 Å². The number of nitrogens with one attached hydrogen (secondary N) is 1. The van der Waals surface area contributed by atoms with Crippen LogP contribution >= 0.6 is 0 Å². The highest BCUT2D eigenvalue weighted by Crippen LogP contribution is 2.25. The van der Waals surface area contributed by atoms with Crippen molar-refractivity contribution in [3.05, 3.63) is 66.0 Å². The van der Waals surface area contributed by atoms with Crippen molar-refractivity contribution < 1.29 is 9.90 Å². The molecule has 0 unspecified atom stereocenters. The van der Waals surface area contributed by atoms with Crippen molar-refractivity contribution in [2.45, 2.75) is 31.8 Å². The zero-order valence-electron chi connectivity index (χ0n) is 14.5. The van der Waals surface area contributed by atoms with Crippen LogP contribution in [0.3, 0.4) is 0 Å². The van der Waals surface area contributed by atoms with Gasteiger partial charge >= 0.3 is 6.03 Å². The van der Waals surface area contributed by atoms with Gasteiger partial charge in [0.05, 0.1) is 18.7 Å². The summed E-state index contributed by atoms with van der Waals surface area (Å²) in [5.74, 6) is 0.321. The van der Waals surface area contributed by atoms with Gasteiger partial charge in [-0.25, -0.2) is 4.79 Å². The van der Waals surface area contributed by atoms with Crippen LogP contribution < -0.4 is 5.32 Å². The number of rotatable bonds is 5. The van der Waals surface area contributed by atoms with Crippen LogP contribution in [0, 0.1) is 5.92 Å². The Balaban J connectivity index is 1.77. The Bertz CT molecular complexity index is 678. The van der Waals surface area contributed by atoms with Gasteiger partial charge in [0.1, 0.15) is 0 Å². The topological polar surface area (TPSA) is 65.5 Å². The normalized spacial score (nSPS) is 21.1. The molecule has 0 spiro atoms. The zero-order valence-corrected chi connectivity index (χ0v) is 14.5. The smallest absolute Gasteiger partial charge is 0.318 e. The van der Waals surface area contributed by atoms with Gasteiger partial charge in [-0.15, -0.1) is 0 Å². The highest BCUT2D eigenvalue weighted by molar-refractivity contribution is 5.75. The predicted octanol–water partition coefficient (Wildman–Crippen LogP) is 2.78. The van der Waals surface area contributed by atoms with Gasteiger partial charge in [0.15, 0.2) is 0 Å². The van der Waals surface area contributed by atoms with E-state index in [1.54, 1.807) is 11.1 Å².